The molecule has 0 aliphatic rings. The lowest BCUT2D eigenvalue weighted by atomic mass is 9.84. The first-order valence-electron chi connectivity index (χ1n) is 25.1. The third-order valence-electron chi connectivity index (χ3n) is 14.8. The van der Waals surface area contributed by atoms with Gasteiger partial charge in [-0.3, -0.25) is 0 Å². The summed E-state index contributed by atoms with van der Waals surface area (Å²) >= 11 is 0. The van der Waals surface area contributed by atoms with Gasteiger partial charge in [-0.15, -0.1) is 0 Å². The summed E-state index contributed by atoms with van der Waals surface area (Å²) in [6, 6.07) is 80.1. The van der Waals surface area contributed by atoms with Crippen LogP contribution in [-0.4, -0.2) is 9.13 Å². The maximum absolute atomic E-state index is 6.32. The van der Waals surface area contributed by atoms with Crippen molar-refractivity contribution in [2.75, 3.05) is 5.32 Å². The average Bonchev–Trinajstić information content (AvgIpc) is 4.05. The Morgan fingerprint density at radius 1 is 0.333 bits per heavy atom. The predicted octanol–water partition coefficient (Wildman–Crippen LogP) is 19.1. The van der Waals surface area contributed by atoms with Crippen LogP contribution in [0.2, 0.25) is 0 Å². The van der Waals surface area contributed by atoms with Crippen LogP contribution in [0.5, 0.6) is 0 Å². The highest BCUT2D eigenvalue weighted by Gasteiger charge is 2.22. The van der Waals surface area contributed by atoms with E-state index in [0.29, 0.717) is 0 Å². The van der Waals surface area contributed by atoms with Crippen LogP contribution in [0.3, 0.4) is 0 Å². The Hall–Kier alpha value is -8.60. The highest BCUT2D eigenvalue weighted by Crippen LogP contribution is 2.43. The van der Waals surface area contributed by atoms with E-state index < -0.39 is 0 Å². The summed E-state index contributed by atoms with van der Waals surface area (Å²) in [5.41, 5.74) is 20.6. The van der Waals surface area contributed by atoms with Crippen LogP contribution in [0, 0.1) is 0 Å². The van der Waals surface area contributed by atoms with Gasteiger partial charge in [0.2, 0.25) is 0 Å². The molecule has 3 aromatic heterocycles. The summed E-state index contributed by atoms with van der Waals surface area (Å²) in [6.45, 7) is 13.7. The number of rotatable bonds is 7. The molecular weight excluding hydrogens is 875 g/mol. The van der Waals surface area contributed by atoms with E-state index in [2.05, 4.69) is 268 Å². The SMILES string of the molecule is CC(C)(C)c1ccc(Nc2ccccc2)c(-c2cccc(-c3ccc4c(c3)c3cc(-c5ccc6c(c5)c5cc(C(C)(C)C)ccc5n6-c5ccccc5)ccc3n4-c3ccc4oc5ccccc5c4c3)c2)c1. The molecule has 348 valence electrons. The number of nitrogens with one attached hydrogen (secondary N) is 1. The summed E-state index contributed by atoms with van der Waals surface area (Å²) in [4.78, 5) is 0. The van der Waals surface area contributed by atoms with Crippen molar-refractivity contribution >= 4 is 76.9 Å². The molecule has 13 rings (SSSR count). The highest BCUT2D eigenvalue weighted by atomic mass is 16.3. The molecule has 72 heavy (non-hydrogen) atoms. The minimum atomic E-state index is -0.00638. The molecule has 0 radical (unpaired) electrons. The number of anilines is 2. The Morgan fingerprint density at radius 2 is 0.833 bits per heavy atom. The zero-order valence-corrected chi connectivity index (χ0v) is 41.6. The highest BCUT2D eigenvalue weighted by molar-refractivity contribution is 6.14. The molecule has 0 fully saturated rings. The molecule has 0 amide bonds. The maximum Gasteiger partial charge on any atom is 0.135 e. The van der Waals surface area contributed by atoms with Gasteiger partial charge in [-0.05, 0) is 165 Å². The molecule has 3 heterocycles. The van der Waals surface area contributed by atoms with Crippen molar-refractivity contribution in [3.63, 3.8) is 0 Å². The number of hydrogen-bond acceptors (Lipinski definition) is 2. The number of aromatic nitrogens is 2. The lowest BCUT2D eigenvalue weighted by Crippen LogP contribution is -2.11. The van der Waals surface area contributed by atoms with Crippen molar-refractivity contribution < 1.29 is 4.42 Å². The minimum absolute atomic E-state index is 0.00638. The van der Waals surface area contributed by atoms with Crippen LogP contribution < -0.4 is 5.32 Å². The first-order chi connectivity index (χ1) is 34.9. The summed E-state index contributed by atoms with van der Waals surface area (Å²) in [5.74, 6) is 0. The second kappa shape index (κ2) is 16.5. The summed E-state index contributed by atoms with van der Waals surface area (Å²) in [7, 11) is 0. The second-order valence-corrected chi connectivity index (χ2v) is 21.5. The Kier molecular flexibility index (Phi) is 9.95. The standard InChI is InChI=1S/C68H55N3O/c1-67(2,3)48-27-30-60(69-50-18-9-7-10-19-50)54(40-48)47-17-15-16-43(36-47)44-24-32-62-55(37-44)56-38-45(26-33-63(56)71(62)52-29-35-66-59(42-52)53-22-13-14-23-65(53)72-66)46-25-31-61-57(39-46)58-41-49(68(4,5)6)28-34-64(58)70(61)51-20-11-8-12-21-51/h7-42,69H,1-6H3. The van der Waals surface area contributed by atoms with Crippen LogP contribution in [0.1, 0.15) is 52.7 Å². The molecule has 0 spiro atoms. The van der Waals surface area contributed by atoms with Crippen molar-refractivity contribution in [1.29, 1.82) is 0 Å². The van der Waals surface area contributed by atoms with E-state index >= 15 is 0 Å². The Labute approximate surface area is 420 Å². The fraction of sp³-hybridized carbons (Fsp3) is 0.118. The number of hydrogen-bond donors (Lipinski definition) is 1. The molecule has 0 saturated heterocycles. The molecule has 0 saturated carbocycles. The molecule has 0 unspecified atom stereocenters. The van der Waals surface area contributed by atoms with E-state index in [9.17, 15) is 0 Å². The summed E-state index contributed by atoms with van der Waals surface area (Å²) in [5, 5.41) is 10.9. The lowest BCUT2D eigenvalue weighted by molar-refractivity contribution is 0.590. The monoisotopic (exact) mass is 929 g/mol. The van der Waals surface area contributed by atoms with Crippen molar-refractivity contribution in [1.82, 2.24) is 9.13 Å². The van der Waals surface area contributed by atoms with Gasteiger partial charge in [-0.2, -0.15) is 0 Å². The third kappa shape index (κ3) is 7.36. The zero-order chi connectivity index (χ0) is 48.9. The zero-order valence-electron chi connectivity index (χ0n) is 41.6. The summed E-state index contributed by atoms with van der Waals surface area (Å²) in [6.07, 6.45) is 0. The van der Waals surface area contributed by atoms with Crippen LogP contribution in [0.15, 0.2) is 223 Å². The predicted molar refractivity (Wildman–Crippen MR) is 306 cm³/mol. The van der Waals surface area contributed by atoms with Crippen molar-refractivity contribution in [3.05, 3.63) is 230 Å². The van der Waals surface area contributed by atoms with Crippen LogP contribution in [0.25, 0.3) is 110 Å². The number of furan rings is 1. The molecule has 0 bridgehead atoms. The molecule has 0 atom stereocenters. The van der Waals surface area contributed by atoms with Crippen molar-refractivity contribution in [2.45, 2.75) is 52.4 Å². The number of fused-ring (bicyclic) bond motifs is 9. The van der Waals surface area contributed by atoms with Crippen LogP contribution in [-0.2, 0) is 10.8 Å². The van der Waals surface area contributed by atoms with Crippen molar-refractivity contribution in [2.24, 2.45) is 0 Å². The Bertz CT molecular complexity index is 4250. The molecule has 10 aromatic carbocycles. The first kappa shape index (κ1) is 43.4. The van der Waals surface area contributed by atoms with E-state index in [0.717, 1.165) is 55.7 Å². The minimum Gasteiger partial charge on any atom is -0.456 e. The van der Waals surface area contributed by atoms with Crippen molar-refractivity contribution in [3.8, 4) is 44.8 Å². The van der Waals surface area contributed by atoms with Gasteiger partial charge in [0, 0.05) is 60.6 Å². The number of benzene rings is 10. The van der Waals surface area contributed by atoms with Gasteiger partial charge >= 0.3 is 0 Å². The van der Waals surface area contributed by atoms with Gasteiger partial charge in [0.1, 0.15) is 11.2 Å². The number of nitrogens with zero attached hydrogens (tertiary/aromatic N) is 2. The fourth-order valence-electron chi connectivity index (χ4n) is 10.9. The first-order valence-corrected chi connectivity index (χ1v) is 25.1. The van der Waals surface area contributed by atoms with E-state index in [1.807, 2.05) is 6.07 Å². The Balaban J connectivity index is 0.999. The van der Waals surface area contributed by atoms with Crippen LogP contribution >= 0.6 is 0 Å². The quantitative estimate of drug-likeness (QED) is 0.173. The van der Waals surface area contributed by atoms with Gasteiger partial charge in [0.25, 0.3) is 0 Å². The molecule has 1 N–H and O–H groups in total. The second-order valence-electron chi connectivity index (χ2n) is 21.5. The molecule has 0 aliphatic heterocycles. The normalized spacial score (nSPS) is 12.3. The van der Waals surface area contributed by atoms with Gasteiger partial charge in [0.05, 0.1) is 22.1 Å². The van der Waals surface area contributed by atoms with Gasteiger partial charge in [0.15, 0.2) is 0 Å². The van der Waals surface area contributed by atoms with E-state index in [-0.39, 0.29) is 10.8 Å². The number of para-hydroxylation sites is 3. The maximum atomic E-state index is 6.32. The van der Waals surface area contributed by atoms with E-state index in [4.69, 9.17) is 4.42 Å². The summed E-state index contributed by atoms with van der Waals surface area (Å²) < 4.78 is 11.2. The molecule has 13 aromatic rings. The topological polar surface area (TPSA) is 35.0 Å². The van der Waals surface area contributed by atoms with Gasteiger partial charge < -0.3 is 18.9 Å². The lowest BCUT2D eigenvalue weighted by Gasteiger charge is -2.22. The van der Waals surface area contributed by atoms with E-state index in [1.165, 1.54) is 77.1 Å². The third-order valence-corrected chi connectivity index (χ3v) is 14.8. The molecule has 4 nitrogen and oxygen atoms in total. The van der Waals surface area contributed by atoms with E-state index in [1.54, 1.807) is 0 Å². The largest absolute Gasteiger partial charge is 0.456 e. The average molecular weight is 930 g/mol. The van der Waals surface area contributed by atoms with Gasteiger partial charge in [-0.25, -0.2) is 0 Å². The molecule has 4 heteroatoms. The Morgan fingerprint density at radius 3 is 1.47 bits per heavy atom. The fourth-order valence-corrected chi connectivity index (χ4v) is 10.9. The van der Waals surface area contributed by atoms with Crippen LogP contribution in [0.4, 0.5) is 11.4 Å². The smallest absolute Gasteiger partial charge is 0.135 e. The molecular formula is C68H55N3O. The van der Waals surface area contributed by atoms with Gasteiger partial charge in [-0.1, -0.05) is 145 Å². The molecule has 0 aliphatic carbocycles.